The zero-order valence-corrected chi connectivity index (χ0v) is 12.3. The Morgan fingerprint density at radius 3 is 2.67 bits per heavy atom. The average molecular weight is 291 g/mol. The summed E-state index contributed by atoms with van der Waals surface area (Å²) in [7, 11) is 3.23. The number of aryl methyl sites for hydroxylation is 1. The molecular weight excluding hydrogens is 273 g/mol. The van der Waals surface area contributed by atoms with Crippen LogP contribution in [0.15, 0.2) is 30.3 Å². The topological polar surface area (TPSA) is 56.1 Å². The number of hydrogen-bond acceptors (Lipinski definition) is 3. The van der Waals surface area contributed by atoms with Crippen LogP contribution in [0.5, 0.6) is 5.88 Å². The molecule has 112 valence electrons. The maximum absolute atomic E-state index is 12.9. The highest BCUT2D eigenvalue weighted by Crippen LogP contribution is 2.15. The number of halogens is 1. The van der Waals surface area contributed by atoms with E-state index < -0.39 is 0 Å². The molecule has 1 atom stereocenters. The molecule has 1 amide bonds. The molecule has 2 aromatic rings. The molecule has 0 saturated carbocycles. The zero-order chi connectivity index (χ0) is 15.4. The molecule has 0 radical (unpaired) electrons. The number of ether oxygens (including phenoxy) is 1. The molecule has 1 aromatic carbocycles. The van der Waals surface area contributed by atoms with E-state index in [0.717, 1.165) is 5.56 Å². The lowest BCUT2D eigenvalue weighted by Crippen LogP contribution is -2.28. The summed E-state index contributed by atoms with van der Waals surface area (Å²) in [5.41, 5.74) is 1.27. The summed E-state index contributed by atoms with van der Waals surface area (Å²) in [5.74, 6) is 0.0744. The predicted molar refractivity (Wildman–Crippen MR) is 76.9 cm³/mol. The van der Waals surface area contributed by atoms with Crippen molar-refractivity contribution in [2.24, 2.45) is 7.05 Å². The summed E-state index contributed by atoms with van der Waals surface area (Å²) in [5, 5.41) is 6.89. The number of carbonyl (C=O) groups excluding carboxylic acids is 1. The molecule has 0 aliphatic heterocycles. The molecule has 1 heterocycles. The van der Waals surface area contributed by atoms with Gasteiger partial charge in [-0.2, -0.15) is 5.10 Å². The number of benzene rings is 1. The third kappa shape index (κ3) is 3.59. The second-order valence-electron chi connectivity index (χ2n) is 4.86. The molecule has 0 bridgehead atoms. The summed E-state index contributed by atoms with van der Waals surface area (Å²) in [6.07, 6.45) is 0. The number of aromatic nitrogens is 2. The highest BCUT2D eigenvalue weighted by molar-refractivity contribution is 5.92. The van der Waals surface area contributed by atoms with Gasteiger partial charge in [-0.3, -0.25) is 4.79 Å². The van der Waals surface area contributed by atoms with Gasteiger partial charge in [-0.15, -0.1) is 0 Å². The standard InChI is InChI=1S/C15H18FN3O2/c1-10(11-4-6-12(16)7-5-11)9-17-15(20)13-8-14(21-3)19(2)18-13/h4-8,10H,9H2,1-3H3,(H,17,20). The quantitative estimate of drug-likeness (QED) is 0.918. The summed E-state index contributed by atoms with van der Waals surface area (Å²) in [6.45, 7) is 2.41. The molecule has 0 fully saturated rings. The lowest BCUT2D eigenvalue weighted by molar-refractivity contribution is 0.0946. The predicted octanol–water partition coefficient (Wildman–Crippen LogP) is 2.10. The summed E-state index contributed by atoms with van der Waals surface area (Å²) in [6, 6.07) is 7.85. The number of amides is 1. The van der Waals surface area contributed by atoms with Crippen LogP contribution < -0.4 is 10.1 Å². The maximum atomic E-state index is 12.9. The molecule has 0 aliphatic carbocycles. The summed E-state index contributed by atoms with van der Waals surface area (Å²) >= 11 is 0. The monoisotopic (exact) mass is 291 g/mol. The van der Waals surface area contributed by atoms with Gasteiger partial charge in [-0.05, 0) is 23.6 Å². The van der Waals surface area contributed by atoms with Gasteiger partial charge >= 0.3 is 0 Å². The Morgan fingerprint density at radius 2 is 2.10 bits per heavy atom. The van der Waals surface area contributed by atoms with E-state index in [4.69, 9.17) is 4.74 Å². The van der Waals surface area contributed by atoms with Crippen molar-refractivity contribution in [3.8, 4) is 5.88 Å². The number of hydrogen-bond donors (Lipinski definition) is 1. The zero-order valence-electron chi connectivity index (χ0n) is 12.3. The Labute approximate surface area is 122 Å². The average Bonchev–Trinajstić information content (AvgIpc) is 2.86. The van der Waals surface area contributed by atoms with Gasteiger partial charge in [-0.1, -0.05) is 19.1 Å². The van der Waals surface area contributed by atoms with Crippen molar-refractivity contribution in [2.45, 2.75) is 12.8 Å². The van der Waals surface area contributed by atoms with Crippen LogP contribution in [0.4, 0.5) is 4.39 Å². The van der Waals surface area contributed by atoms with Gasteiger partial charge in [0.05, 0.1) is 7.11 Å². The van der Waals surface area contributed by atoms with Crippen molar-refractivity contribution in [3.05, 3.63) is 47.4 Å². The molecule has 0 spiro atoms. The van der Waals surface area contributed by atoms with E-state index in [2.05, 4.69) is 10.4 Å². The van der Waals surface area contributed by atoms with Gasteiger partial charge in [0.15, 0.2) is 5.69 Å². The number of methoxy groups -OCH3 is 1. The SMILES string of the molecule is COc1cc(C(=O)NCC(C)c2ccc(F)cc2)nn1C. The van der Waals surface area contributed by atoms with Gasteiger partial charge in [0.2, 0.25) is 5.88 Å². The first-order valence-electron chi connectivity index (χ1n) is 6.63. The van der Waals surface area contributed by atoms with E-state index in [9.17, 15) is 9.18 Å². The van der Waals surface area contributed by atoms with Crippen molar-refractivity contribution in [1.82, 2.24) is 15.1 Å². The van der Waals surface area contributed by atoms with Crippen LogP contribution in [0.1, 0.15) is 28.9 Å². The van der Waals surface area contributed by atoms with Crippen LogP contribution in [0, 0.1) is 5.82 Å². The molecule has 1 unspecified atom stereocenters. The Hall–Kier alpha value is -2.37. The van der Waals surface area contributed by atoms with Crippen molar-refractivity contribution in [2.75, 3.05) is 13.7 Å². The fourth-order valence-corrected chi connectivity index (χ4v) is 2.00. The highest BCUT2D eigenvalue weighted by atomic mass is 19.1. The normalized spacial score (nSPS) is 12.0. The van der Waals surface area contributed by atoms with Crippen molar-refractivity contribution in [1.29, 1.82) is 0 Å². The smallest absolute Gasteiger partial charge is 0.271 e. The minimum atomic E-state index is -0.268. The lowest BCUT2D eigenvalue weighted by atomic mass is 10.0. The third-order valence-electron chi connectivity index (χ3n) is 3.29. The van der Waals surface area contributed by atoms with Crippen molar-refractivity contribution < 1.29 is 13.9 Å². The largest absolute Gasteiger partial charge is 0.481 e. The first-order valence-corrected chi connectivity index (χ1v) is 6.63. The van der Waals surface area contributed by atoms with E-state index in [0.29, 0.717) is 18.1 Å². The van der Waals surface area contributed by atoms with Crippen LogP contribution in [0.2, 0.25) is 0 Å². The van der Waals surface area contributed by atoms with Crippen LogP contribution in [0.3, 0.4) is 0 Å². The summed E-state index contributed by atoms with van der Waals surface area (Å²) in [4.78, 5) is 12.0. The second kappa shape index (κ2) is 6.39. The second-order valence-corrected chi connectivity index (χ2v) is 4.86. The fraction of sp³-hybridized carbons (Fsp3) is 0.333. The Bertz CT molecular complexity index is 622. The Kier molecular flexibility index (Phi) is 4.57. The molecule has 5 nitrogen and oxygen atoms in total. The maximum Gasteiger partial charge on any atom is 0.271 e. The van der Waals surface area contributed by atoms with Gasteiger partial charge in [0.25, 0.3) is 5.91 Å². The van der Waals surface area contributed by atoms with Crippen LogP contribution in [-0.2, 0) is 7.05 Å². The van der Waals surface area contributed by atoms with Crippen molar-refractivity contribution >= 4 is 5.91 Å². The third-order valence-corrected chi connectivity index (χ3v) is 3.29. The first kappa shape index (κ1) is 15.0. The number of rotatable bonds is 5. The molecular formula is C15H18FN3O2. The Morgan fingerprint density at radius 1 is 1.43 bits per heavy atom. The molecule has 21 heavy (non-hydrogen) atoms. The number of nitrogens with zero attached hydrogens (tertiary/aromatic N) is 2. The van der Waals surface area contributed by atoms with Crippen molar-refractivity contribution in [3.63, 3.8) is 0 Å². The van der Waals surface area contributed by atoms with Gasteiger partial charge in [0.1, 0.15) is 5.82 Å². The molecule has 6 heteroatoms. The minimum absolute atomic E-state index is 0.0835. The van der Waals surface area contributed by atoms with Crippen LogP contribution in [-0.4, -0.2) is 29.3 Å². The van der Waals surface area contributed by atoms with E-state index in [1.54, 1.807) is 25.2 Å². The van der Waals surface area contributed by atoms with E-state index in [-0.39, 0.29) is 17.6 Å². The van der Waals surface area contributed by atoms with Crippen LogP contribution >= 0.6 is 0 Å². The molecule has 0 saturated heterocycles. The van der Waals surface area contributed by atoms with E-state index in [1.807, 2.05) is 6.92 Å². The fourth-order valence-electron chi connectivity index (χ4n) is 2.00. The molecule has 0 aliphatic rings. The number of carbonyl (C=O) groups is 1. The van der Waals surface area contributed by atoms with E-state index in [1.165, 1.54) is 23.9 Å². The highest BCUT2D eigenvalue weighted by Gasteiger charge is 2.14. The van der Waals surface area contributed by atoms with Gasteiger partial charge in [0, 0.05) is 19.7 Å². The van der Waals surface area contributed by atoms with E-state index >= 15 is 0 Å². The lowest BCUT2D eigenvalue weighted by Gasteiger charge is -2.12. The molecule has 2 rings (SSSR count). The molecule has 1 N–H and O–H groups in total. The Balaban J connectivity index is 1.95. The van der Waals surface area contributed by atoms with Gasteiger partial charge in [-0.25, -0.2) is 9.07 Å². The van der Waals surface area contributed by atoms with Gasteiger partial charge < -0.3 is 10.1 Å². The summed E-state index contributed by atoms with van der Waals surface area (Å²) < 4.78 is 19.4. The first-order chi connectivity index (χ1) is 10.0. The molecule has 1 aromatic heterocycles. The van der Waals surface area contributed by atoms with Crippen LogP contribution in [0.25, 0.3) is 0 Å². The number of nitrogens with one attached hydrogen (secondary N) is 1. The minimum Gasteiger partial charge on any atom is -0.481 e.